The third-order valence-corrected chi connectivity index (χ3v) is 13.8. The number of imide groups is 1. The molecule has 0 bridgehead atoms. The third-order valence-electron chi connectivity index (χ3n) is 8.74. The van der Waals surface area contributed by atoms with Crippen LogP contribution in [0.4, 0.5) is 4.79 Å². The van der Waals surface area contributed by atoms with Crippen LogP contribution in [0.3, 0.4) is 0 Å². The Bertz CT molecular complexity index is 1290. The SMILES string of the molecule is CC(C)[C@H]1COC(=O)N1C(=O)[C@@H](C)[C@@H](CCCCOCc1ccccc1)O[Si](c1ccccc1)(c1ccccc1)C(C)(C)C. The molecule has 1 fully saturated rings. The van der Waals surface area contributed by atoms with Crippen molar-refractivity contribution in [1.29, 1.82) is 0 Å². The van der Waals surface area contributed by atoms with Gasteiger partial charge in [-0.2, -0.15) is 0 Å². The Hall–Kier alpha value is -3.26. The van der Waals surface area contributed by atoms with Crippen LogP contribution in [-0.2, 0) is 25.3 Å². The molecule has 0 aromatic heterocycles. The first kappa shape index (κ1) is 33.6. The Morgan fingerprint density at radius 2 is 1.43 bits per heavy atom. The topological polar surface area (TPSA) is 65.1 Å². The van der Waals surface area contributed by atoms with Crippen LogP contribution in [0.5, 0.6) is 0 Å². The largest absolute Gasteiger partial charge is 0.447 e. The van der Waals surface area contributed by atoms with E-state index in [9.17, 15) is 9.59 Å². The molecule has 0 spiro atoms. The first-order chi connectivity index (χ1) is 21.1. The zero-order valence-corrected chi connectivity index (χ0v) is 28.2. The average Bonchev–Trinajstić information content (AvgIpc) is 3.42. The van der Waals surface area contributed by atoms with Crippen molar-refractivity contribution in [1.82, 2.24) is 4.90 Å². The summed E-state index contributed by atoms with van der Waals surface area (Å²) in [5.74, 6) is -0.682. The van der Waals surface area contributed by atoms with Gasteiger partial charge in [0.05, 0.1) is 24.7 Å². The number of carbonyl (C=O) groups excluding carboxylic acids is 2. The van der Waals surface area contributed by atoms with Gasteiger partial charge in [-0.15, -0.1) is 0 Å². The molecule has 0 aliphatic carbocycles. The molecular weight excluding hydrogens is 566 g/mol. The molecule has 0 N–H and O–H groups in total. The average molecular weight is 616 g/mol. The molecule has 7 heteroatoms. The van der Waals surface area contributed by atoms with Crippen LogP contribution in [0.1, 0.15) is 66.4 Å². The lowest BCUT2D eigenvalue weighted by Gasteiger charge is -2.46. The summed E-state index contributed by atoms with van der Waals surface area (Å²) in [5, 5.41) is 2.08. The third kappa shape index (κ3) is 7.68. The van der Waals surface area contributed by atoms with Gasteiger partial charge in [-0.25, -0.2) is 9.69 Å². The molecule has 0 radical (unpaired) electrons. The van der Waals surface area contributed by atoms with E-state index in [1.54, 1.807) is 0 Å². The van der Waals surface area contributed by atoms with Crippen molar-refractivity contribution >= 4 is 30.7 Å². The molecule has 4 rings (SSSR count). The van der Waals surface area contributed by atoms with Gasteiger partial charge in [0.25, 0.3) is 8.32 Å². The van der Waals surface area contributed by atoms with Crippen molar-refractivity contribution in [2.24, 2.45) is 11.8 Å². The number of cyclic esters (lactones) is 1. The molecule has 3 aromatic rings. The van der Waals surface area contributed by atoms with Crippen molar-refractivity contribution in [3.8, 4) is 0 Å². The molecule has 6 nitrogen and oxygen atoms in total. The maximum Gasteiger partial charge on any atom is 0.416 e. The summed E-state index contributed by atoms with van der Waals surface area (Å²) in [5.41, 5.74) is 1.15. The van der Waals surface area contributed by atoms with Crippen molar-refractivity contribution < 1.29 is 23.5 Å². The molecule has 3 aromatic carbocycles. The lowest BCUT2D eigenvalue weighted by molar-refractivity contribution is -0.136. The maximum absolute atomic E-state index is 14.1. The number of ether oxygens (including phenoxy) is 2. The number of amides is 2. The van der Waals surface area contributed by atoms with E-state index in [2.05, 4.69) is 81.4 Å². The first-order valence-corrected chi connectivity index (χ1v) is 17.9. The fraction of sp³-hybridized carbons (Fsp3) is 0.459. The molecule has 1 saturated heterocycles. The van der Waals surface area contributed by atoms with Crippen LogP contribution < -0.4 is 10.4 Å². The Labute approximate surface area is 264 Å². The molecule has 1 heterocycles. The highest BCUT2D eigenvalue weighted by molar-refractivity contribution is 6.99. The lowest BCUT2D eigenvalue weighted by atomic mass is 9.96. The maximum atomic E-state index is 14.1. The van der Waals surface area contributed by atoms with Crippen molar-refractivity contribution in [3.63, 3.8) is 0 Å². The predicted molar refractivity (Wildman–Crippen MR) is 178 cm³/mol. The van der Waals surface area contributed by atoms with Crippen LogP contribution in [0.15, 0.2) is 91.0 Å². The van der Waals surface area contributed by atoms with Gasteiger partial charge < -0.3 is 13.9 Å². The van der Waals surface area contributed by atoms with E-state index in [1.807, 2.05) is 51.1 Å². The van der Waals surface area contributed by atoms with E-state index < -0.39 is 26.4 Å². The van der Waals surface area contributed by atoms with E-state index >= 15 is 0 Å². The molecule has 1 aliphatic rings. The molecule has 2 amide bonds. The van der Waals surface area contributed by atoms with Crippen LogP contribution >= 0.6 is 0 Å². The van der Waals surface area contributed by atoms with Gasteiger partial charge in [0, 0.05) is 6.61 Å². The van der Waals surface area contributed by atoms with Crippen molar-refractivity contribution in [2.75, 3.05) is 13.2 Å². The normalized spacial score (nSPS) is 17.0. The quantitative estimate of drug-likeness (QED) is 0.145. The lowest BCUT2D eigenvalue weighted by Crippen LogP contribution is -2.68. The molecule has 3 atom stereocenters. The van der Waals surface area contributed by atoms with E-state index in [0.29, 0.717) is 19.6 Å². The van der Waals surface area contributed by atoms with E-state index in [-0.39, 0.29) is 29.5 Å². The van der Waals surface area contributed by atoms with Gasteiger partial charge in [-0.3, -0.25) is 4.79 Å². The summed E-state index contributed by atoms with van der Waals surface area (Å²) < 4.78 is 18.9. The summed E-state index contributed by atoms with van der Waals surface area (Å²) >= 11 is 0. The molecular formula is C37H49NO5Si. The molecule has 0 unspecified atom stereocenters. The second kappa shape index (κ2) is 15.1. The zero-order valence-electron chi connectivity index (χ0n) is 27.2. The van der Waals surface area contributed by atoms with Crippen LogP contribution in [-0.4, -0.2) is 50.6 Å². The summed E-state index contributed by atoms with van der Waals surface area (Å²) in [4.78, 5) is 28.3. The summed E-state index contributed by atoms with van der Waals surface area (Å²) in [6.45, 7) is 14.1. The summed E-state index contributed by atoms with van der Waals surface area (Å²) in [7, 11) is -2.95. The first-order valence-electron chi connectivity index (χ1n) is 16.0. The fourth-order valence-corrected chi connectivity index (χ4v) is 11.0. The minimum Gasteiger partial charge on any atom is -0.447 e. The smallest absolute Gasteiger partial charge is 0.416 e. The second-order valence-electron chi connectivity index (χ2n) is 13.2. The Morgan fingerprint density at radius 1 is 0.886 bits per heavy atom. The number of unbranched alkanes of at least 4 members (excludes halogenated alkanes) is 1. The minimum absolute atomic E-state index is 0.0930. The summed E-state index contributed by atoms with van der Waals surface area (Å²) in [6, 6.07) is 30.9. The highest BCUT2D eigenvalue weighted by Gasteiger charge is 2.53. The molecule has 44 heavy (non-hydrogen) atoms. The number of hydrogen-bond donors (Lipinski definition) is 0. The standard InChI is InChI=1S/C37H49NO5Si/c1-28(2)33-27-42-36(40)38(33)35(39)29(3)34(24-16-17-25-41-26-30-18-10-7-11-19-30)43-44(37(4,5)6,31-20-12-8-13-21-31)32-22-14-9-15-23-32/h7-15,18-23,28-29,33-34H,16-17,24-27H2,1-6H3/t29-,33+,34+/m0/s1. The zero-order chi connectivity index (χ0) is 31.7. The highest BCUT2D eigenvalue weighted by Crippen LogP contribution is 2.39. The Morgan fingerprint density at radius 3 is 1.95 bits per heavy atom. The fourth-order valence-electron chi connectivity index (χ4n) is 6.20. The predicted octanol–water partition coefficient (Wildman–Crippen LogP) is 6.96. The van der Waals surface area contributed by atoms with Crippen molar-refractivity contribution in [2.45, 2.75) is 84.6 Å². The van der Waals surface area contributed by atoms with Gasteiger partial charge in [-0.05, 0) is 46.2 Å². The van der Waals surface area contributed by atoms with Gasteiger partial charge in [0.1, 0.15) is 6.61 Å². The van der Waals surface area contributed by atoms with Crippen LogP contribution in [0.25, 0.3) is 0 Å². The number of benzene rings is 3. The van der Waals surface area contributed by atoms with E-state index in [0.717, 1.165) is 28.8 Å². The Balaban J connectivity index is 1.64. The second-order valence-corrected chi connectivity index (χ2v) is 17.5. The van der Waals surface area contributed by atoms with Gasteiger partial charge >= 0.3 is 6.09 Å². The van der Waals surface area contributed by atoms with E-state index in [4.69, 9.17) is 13.9 Å². The van der Waals surface area contributed by atoms with Gasteiger partial charge in [0.2, 0.25) is 5.91 Å². The monoisotopic (exact) mass is 615 g/mol. The van der Waals surface area contributed by atoms with E-state index in [1.165, 1.54) is 4.90 Å². The van der Waals surface area contributed by atoms with Crippen LogP contribution in [0, 0.1) is 11.8 Å². The molecule has 1 aliphatic heterocycles. The molecule has 0 saturated carbocycles. The minimum atomic E-state index is -2.95. The summed E-state index contributed by atoms with van der Waals surface area (Å²) in [6.07, 6.45) is 1.37. The number of rotatable bonds is 14. The number of carbonyl (C=O) groups is 2. The van der Waals surface area contributed by atoms with Crippen LogP contribution in [0.2, 0.25) is 5.04 Å². The Kier molecular flexibility index (Phi) is 11.6. The van der Waals surface area contributed by atoms with Gasteiger partial charge in [0.15, 0.2) is 0 Å². The number of hydrogen-bond acceptors (Lipinski definition) is 5. The van der Waals surface area contributed by atoms with Crippen molar-refractivity contribution in [3.05, 3.63) is 96.6 Å². The number of nitrogens with zero attached hydrogens (tertiary/aromatic N) is 1. The molecule has 236 valence electrons. The highest BCUT2D eigenvalue weighted by atomic mass is 28.4. The van der Waals surface area contributed by atoms with Gasteiger partial charge in [-0.1, -0.05) is 133 Å².